The molecule has 0 saturated carbocycles. The van der Waals surface area contributed by atoms with E-state index in [4.69, 9.17) is 0 Å². The van der Waals surface area contributed by atoms with Gasteiger partial charge in [0.2, 0.25) is 0 Å². The maximum atomic E-state index is 13.5. The second-order valence-electron chi connectivity index (χ2n) is 5.01. The Morgan fingerprint density at radius 1 is 1.35 bits per heavy atom. The summed E-state index contributed by atoms with van der Waals surface area (Å²) in [6.45, 7) is 5.95. The van der Waals surface area contributed by atoms with Crippen LogP contribution in [-0.2, 0) is 13.1 Å². The van der Waals surface area contributed by atoms with Crippen molar-refractivity contribution in [2.75, 3.05) is 0 Å². The smallest absolute Gasteiger partial charge is 0.321 e. The van der Waals surface area contributed by atoms with Gasteiger partial charge in [-0.05, 0) is 25.1 Å². The van der Waals surface area contributed by atoms with Crippen LogP contribution in [0, 0.1) is 5.82 Å². The summed E-state index contributed by atoms with van der Waals surface area (Å²) in [6.07, 6.45) is 3.11. The van der Waals surface area contributed by atoms with Gasteiger partial charge in [-0.25, -0.2) is 18.7 Å². The Kier molecular flexibility index (Phi) is 3.69. The molecule has 0 bridgehead atoms. The molecule has 0 aliphatic heterocycles. The number of fused-ring (bicyclic) bond motifs is 1. The van der Waals surface area contributed by atoms with E-state index in [-0.39, 0.29) is 17.7 Å². The molecule has 0 amide bonds. The van der Waals surface area contributed by atoms with Crippen LogP contribution in [0.1, 0.15) is 6.92 Å². The van der Waals surface area contributed by atoms with Gasteiger partial charge in [-0.15, -0.1) is 6.58 Å². The average molecular weight is 314 g/mol. The first kappa shape index (κ1) is 15.0. The molecular weight excluding hydrogens is 299 g/mol. The summed E-state index contributed by atoms with van der Waals surface area (Å²) in [7, 11) is 0. The number of halogens is 1. The molecule has 0 unspecified atom stereocenters. The number of nitrogens with zero attached hydrogens (tertiary/aromatic N) is 4. The number of rotatable bonds is 4. The summed E-state index contributed by atoms with van der Waals surface area (Å²) in [5.41, 5.74) is -0.141. The number of hydrogen-bond donors (Lipinski definition) is 0. The van der Waals surface area contributed by atoms with Gasteiger partial charge in [0.05, 0.1) is 12.0 Å². The van der Waals surface area contributed by atoms with Gasteiger partial charge in [0.1, 0.15) is 5.82 Å². The molecule has 0 fully saturated rings. The third kappa shape index (κ3) is 2.30. The largest absolute Gasteiger partial charge is 0.337 e. The third-order valence-corrected chi connectivity index (χ3v) is 3.61. The lowest BCUT2D eigenvalue weighted by Gasteiger charge is -2.11. The van der Waals surface area contributed by atoms with Crippen molar-refractivity contribution < 1.29 is 4.39 Å². The van der Waals surface area contributed by atoms with E-state index in [1.165, 1.54) is 29.1 Å². The molecule has 3 rings (SSSR count). The van der Waals surface area contributed by atoms with Crippen LogP contribution in [-0.4, -0.2) is 18.7 Å². The van der Waals surface area contributed by atoms with Crippen LogP contribution in [0.25, 0.3) is 16.9 Å². The van der Waals surface area contributed by atoms with Crippen molar-refractivity contribution in [2.45, 2.75) is 20.0 Å². The van der Waals surface area contributed by atoms with Crippen LogP contribution in [0.15, 0.2) is 52.8 Å². The van der Waals surface area contributed by atoms with Gasteiger partial charge in [0, 0.05) is 13.1 Å². The molecular formula is C16H15FN4O2. The Labute approximate surface area is 130 Å². The first-order valence-corrected chi connectivity index (χ1v) is 7.16. The molecule has 23 heavy (non-hydrogen) atoms. The number of benzene rings is 1. The molecule has 0 aliphatic carbocycles. The Morgan fingerprint density at radius 3 is 2.78 bits per heavy atom. The fourth-order valence-electron chi connectivity index (χ4n) is 2.58. The van der Waals surface area contributed by atoms with Crippen molar-refractivity contribution in [2.24, 2.45) is 0 Å². The number of hydrogen-bond acceptors (Lipinski definition) is 3. The van der Waals surface area contributed by atoms with Crippen LogP contribution < -0.4 is 11.2 Å². The van der Waals surface area contributed by atoms with Gasteiger partial charge < -0.3 is 4.57 Å². The van der Waals surface area contributed by atoms with E-state index in [0.717, 1.165) is 4.57 Å². The fraction of sp³-hybridized carbons (Fsp3) is 0.188. The zero-order chi connectivity index (χ0) is 16.6. The summed E-state index contributed by atoms with van der Waals surface area (Å²) in [4.78, 5) is 29.4. The zero-order valence-corrected chi connectivity index (χ0v) is 12.6. The summed E-state index contributed by atoms with van der Waals surface area (Å²) in [5, 5.41) is 0. The highest BCUT2D eigenvalue weighted by molar-refractivity contribution is 5.72. The second-order valence-corrected chi connectivity index (χ2v) is 5.01. The van der Waals surface area contributed by atoms with Crippen LogP contribution in [0.5, 0.6) is 0 Å². The normalized spacial score (nSPS) is 11.0. The molecule has 0 aliphatic rings. The summed E-state index contributed by atoms with van der Waals surface area (Å²) in [6, 6.07) is 5.63. The lowest BCUT2D eigenvalue weighted by atomic mass is 10.3. The molecule has 1 aromatic carbocycles. The Hall–Kier alpha value is -2.96. The maximum absolute atomic E-state index is 13.5. The molecule has 0 saturated heterocycles. The highest BCUT2D eigenvalue weighted by atomic mass is 19.1. The van der Waals surface area contributed by atoms with E-state index in [1.54, 1.807) is 23.6 Å². The Bertz CT molecular complexity index is 1010. The summed E-state index contributed by atoms with van der Waals surface area (Å²) < 4.78 is 17.5. The number of imidazole rings is 1. The fourth-order valence-corrected chi connectivity index (χ4v) is 2.58. The maximum Gasteiger partial charge on any atom is 0.337 e. The first-order valence-electron chi connectivity index (χ1n) is 7.16. The van der Waals surface area contributed by atoms with E-state index < -0.39 is 17.1 Å². The van der Waals surface area contributed by atoms with Gasteiger partial charge in [0.15, 0.2) is 11.2 Å². The highest BCUT2D eigenvalue weighted by Gasteiger charge is 2.18. The van der Waals surface area contributed by atoms with Crippen LogP contribution in [0.3, 0.4) is 0 Å². The van der Waals surface area contributed by atoms with Crippen molar-refractivity contribution in [1.82, 2.24) is 18.7 Å². The van der Waals surface area contributed by atoms with Crippen molar-refractivity contribution in [3.05, 3.63) is 69.9 Å². The lowest BCUT2D eigenvalue weighted by Crippen LogP contribution is -2.39. The predicted molar refractivity (Wildman–Crippen MR) is 85.4 cm³/mol. The minimum absolute atomic E-state index is 0.206. The van der Waals surface area contributed by atoms with Gasteiger partial charge >= 0.3 is 5.69 Å². The quantitative estimate of drug-likeness (QED) is 0.689. The molecule has 118 valence electrons. The molecule has 6 nitrogen and oxygen atoms in total. The zero-order valence-electron chi connectivity index (χ0n) is 12.6. The van der Waals surface area contributed by atoms with Gasteiger partial charge in [-0.2, -0.15) is 0 Å². The monoisotopic (exact) mass is 314 g/mol. The predicted octanol–water partition coefficient (Wildman–Crippen LogP) is 1.69. The van der Waals surface area contributed by atoms with E-state index in [1.807, 2.05) is 0 Å². The second kappa shape index (κ2) is 5.68. The molecule has 2 heterocycles. The van der Waals surface area contributed by atoms with E-state index in [2.05, 4.69) is 11.6 Å². The molecule has 0 radical (unpaired) electrons. The van der Waals surface area contributed by atoms with Gasteiger partial charge in [-0.1, -0.05) is 12.1 Å². The standard InChI is InChI=1S/C16H15FN4O2/c1-3-8-19-10-18-14-13(19)15(22)20(4-2)16(23)21(14)12-7-5-6-11(17)9-12/h3,5-7,9-10H,1,4,8H2,2H3. The van der Waals surface area contributed by atoms with Gasteiger partial charge in [-0.3, -0.25) is 9.36 Å². The van der Waals surface area contributed by atoms with E-state index in [9.17, 15) is 14.0 Å². The highest BCUT2D eigenvalue weighted by Crippen LogP contribution is 2.14. The minimum atomic E-state index is -0.542. The van der Waals surface area contributed by atoms with Crippen molar-refractivity contribution in [1.29, 1.82) is 0 Å². The molecule has 7 heteroatoms. The topological polar surface area (TPSA) is 61.8 Å². The first-order chi connectivity index (χ1) is 11.1. The molecule has 2 aromatic heterocycles. The number of allylic oxidation sites excluding steroid dienone is 1. The van der Waals surface area contributed by atoms with Crippen molar-refractivity contribution in [3.63, 3.8) is 0 Å². The SMILES string of the molecule is C=CCn1cnc2c1c(=O)n(CC)c(=O)n2-c1cccc(F)c1. The minimum Gasteiger partial charge on any atom is -0.321 e. The summed E-state index contributed by atoms with van der Waals surface area (Å²) >= 11 is 0. The molecule has 3 aromatic rings. The van der Waals surface area contributed by atoms with Gasteiger partial charge in [0.25, 0.3) is 5.56 Å². The van der Waals surface area contributed by atoms with Crippen LogP contribution in [0.2, 0.25) is 0 Å². The average Bonchev–Trinajstić information content (AvgIpc) is 2.92. The van der Waals surface area contributed by atoms with E-state index in [0.29, 0.717) is 12.2 Å². The van der Waals surface area contributed by atoms with Crippen LogP contribution >= 0.6 is 0 Å². The molecule has 0 spiro atoms. The third-order valence-electron chi connectivity index (χ3n) is 3.61. The van der Waals surface area contributed by atoms with E-state index >= 15 is 0 Å². The van der Waals surface area contributed by atoms with Crippen molar-refractivity contribution >= 4 is 11.2 Å². The Balaban J connectivity index is 2.49. The molecule has 0 N–H and O–H groups in total. The lowest BCUT2D eigenvalue weighted by molar-refractivity contribution is 0.623. The van der Waals surface area contributed by atoms with Crippen LogP contribution in [0.4, 0.5) is 4.39 Å². The molecule has 0 atom stereocenters. The summed E-state index contributed by atoms with van der Waals surface area (Å²) in [5.74, 6) is -0.470. The number of aromatic nitrogens is 4. The van der Waals surface area contributed by atoms with Crippen molar-refractivity contribution in [3.8, 4) is 5.69 Å². The Morgan fingerprint density at radius 2 is 2.13 bits per heavy atom.